The van der Waals surface area contributed by atoms with Gasteiger partial charge in [0.15, 0.2) is 0 Å². The van der Waals surface area contributed by atoms with Crippen molar-refractivity contribution in [1.29, 1.82) is 0 Å². The van der Waals surface area contributed by atoms with Crippen molar-refractivity contribution in [2.75, 3.05) is 34.3 Å². The van der Waals surface area contributed by atoms with Crippen molar-refractivity contribution in [1.82, 2.24) is 23.4 Å². The Morgan fingerprint density at radius 2 is 1.67 bits per heavy atom. The number of piperazine rings is 1. The molecule has 2 bridgehead atoms. The van der Waals surface area contributed by atoms with Crippen LogP contribution >= 0.6 is 0 Å². The van der Waals surface area contributed by atoms with E-state index < -0.39 is 27.1 Å². The van der Waals surface area contributed by atoms with Crippen molar-refractivity contribution >= 4 is 39.0 Å². The molecule has 12 nitrogen and oxygen atoms in total. The minimum Gasteiger partial charge on any atom is -0.497 e. The summed E-state index contributed by atoms with van der Waals surface area (Å²) in [5, 5.41) is 1.03. The van der Waals surface area contributed by atoms with Crippen LogP contribution in [0.1, 0.15) is 99.0 Å². The third-order valence-electron chi connectivity index (χ3n) is 12.0. The van der Waals surface area contributed by atoms with Gasteiger partial charge in [-0.05, 0) is 93.8 Å². The minimum atomic E-state index is -4.00. The van der Waals surface area contributed by atoms with Crippen molar-refractivity contribution in [3.63, 3.8) is 0 Å². The maximum Gasteiger partial charge on any atom is 0.410 e. The van der Waals surface area contributed by atoms with Gasteiger partial charge in [-0.1, -0.05) is 25.3 Å². The number of amides is 3. The summed E-state index contributed by atoms with van der Waals surface area (Å²) in [6.07, 6.45) is 6.66. The van der Waals surface area contributed by atoms with Gasteiger partial charge in [0.1, 0.15) is 11.4 Å². The first kappa shape index (κ1) is 35.0. The van der Waals surface area contributed by atoms with Gasteiger partial charge < -0.3 is 23.8 Å². The highest BCUT2D eigenvalue weighted by atomic mass is 32.2. The molecule has 8 rings (SSSR count). The number of nitrogens with zero attached hydrogens (tertiary/aromatic N) is 4. The van der Waals surface area contributed by atoms with E-state index in [-0.39, 0.29) is 35.6 Å². The van der Waals surface area contributed by atoms with E-state index >= 15 is 4.79 Å². The molecule has 1 N–H and O–H groups in total. The summed E-state index contributed by atoms with van der Waals surface area (Å²) in [6, 6.07) is 11.5. The first-order chi connectivity index (χ1) is 24.6. The van der Waals surface area contributed by atoms with Gasteiger partial charge >= 0.3 is 16.3 Å². The van der Waals surface area contributed by atoms with Gasteiger partial charge in [0.05, 0.1) is 30.3 Å². The van der Waals surface area contributed by atoms with E-state index in [1.807, 2.05) is 37.8 Å². The zero-order valence-corrected chi connectivity index (χ0v) is 31.7. The number of aromatic nitrogens is 1. The normalized spacial score (nSPS) is 25.4. The molecule has 2 aliphatic carbocycles. The average molecular weight is 732 g/mol. The average Bonchev–Trinajstić information content (AvgIpc) is 3.34. The molecule has 13 heteroatoms. The van der Waals surface area contributed by atoms with E-state index in [9.17, 15) is 18.0 Å². The van der Waals surface area contributed by atoms with E-state index in [0.29, 0.717) is 32.0 Å². The quantitative estimate of drug-likeness (QED) is 0.349. The van der Waals surface area contributed by atoms with Crippen molar-refractivity contribution in [3.05, 3.63) is 53.1 Å². The molecular formula is C39H49N5O7S. The molecule has 52 heavy (non-hydrogen) atoms. The first-order valence-corrected chi connectivity index (χ1v) is 20.0. The minimum absolute atomic E-state index is 0.0305. The Morgan fingerprint density at radius 3 is 2.33 bits per heavy atom. The van der Waals surface area contributed by atoms with E-state index in [1.165, 1.54) is 26.1 Å². The number of benzene rings is 2. The molecule has 4 atom stereocenters. The van der Waals surface area contributed by atoms with Crippen molar-refractivity contribution in [3.8, 4) is 17.0 Å². The zero-order valence-electron chi connectivity index (χ0n) is 30.9. The van der Waals surface area contributed by atoms with Crippen LogP contribution in [-0.4, -0.2) is 97.0 Å². The molecule has 4 fully saturated rings. The lowest BCUT2D eigenvalue weighted by Crippen LogP contribution is -2.53. The second kappa shape index (κ2) is 12.2. The van der Waals surface area contributed by atoms with E-state index in [2.05, 4.69) is 21.4 Å². The van der Waals surface area contributed by atoms with Crippen LogP contribution < -0.4 is 9.46 Å². The fraction of sp³-hybridized carbons (Fsp3) is 0.564. The monoisotopic (exact) mass is 731 g/mol. The molecule has 1 aromatic heterocycles. The Hall–Kier alpha value is -4.10. The summed E-state index contributed by atoms with van der Waals surface area (Å²) >= 11 is 0. The summed E-state index contributed by atoms with van der Waals surface area (Å²) < 4.78 is 42.1. The number of rotatable bonds is 6. The second-order valence-electron chi connectivity index (χ2n) is 16.6. The van der Waals surface area contributed by atoms with Gasteiger partial charge in [-0.15, -0.1) is 0 Å². The fourth-order valence-corrected chi connectivity index (χ4v) is 9.97. The van der Waals surface area contributed by atoms with Crippen molar-refractivity contribution in [2.24, 2.45) is 5.41 Å². The molecule has 2 aromatic carbocycles. The Bertz CT molecular complexity index is 2100. The highest BCUT2D eigenvalue weighted by Crippen LogP contribution is 2.66. The molecule has 3 aliphatic heterocycles. The number of fused-ring (bicyclic) bond motifs is 9. The molecule has 5 aliphatic rings. The predicted octanol–water partition coefficient (Wildman–Crippen LogP) is 5.61. The number of methoxy groups -OCH3 is 1. The molecule has 0 spiro atoms. The number of likely N-dealkylation sites (tertiary alicyclic amines) is 2. The molecule has 3 amide bonds. The van der Waals surface area contributed by atoms with Gasteiger partial charge in [-0.25, -0.2) is 9.52 Å². The lowest BCUT2D eigenvalue weighted by molar-refractivity contribution is -0.140. The molecular weight excluding hydrogens is 683 g/mol. The lowest BCUT2D eigenvalue weighted by atomic mass is 9.81. The number of hydrogen-bond acceptors (Lipinski definition) is 7. The van der Waals surface area contributed by atoms with Gasteiger partial charge in [-0.3, -0.25) is 9.59 Å². The number of ether oxygens (including phenoxy) is 2. The standard InChI is InChI=1S/C39H49N5O7S/c1-38(2,3)51-37(47)43-21-25-17-26(43)20-42(25)36(46)39-19-31(39)30-18-27(50-6)13-15-28(30)34-33(23-10-8-7-9-11-23)29-14-12-24(16-32(29)44(34)22-39)35(45)40-52(48,49)41(4)5/h12-16,18,23,25-26,31H,7-11,17,19-22H2,1-6H3,(H,40,45)/t25-,26-,31+,39+/m1/s1. The first-order valence-electron chi connectivity index (χ1n) is 18.5. The van der Waals surface area contributed by atoms with Gasteiger partial charge in [0.2, 0.25) is 5.91 Å². The Morgan fingerprint density at radius 1 is 0.962 bits per heavy atom. The maximum absolute atomic E-state index is 15.0. The SMILES string of the molecule is COc1ccc2c(c1)[C@@H]1C[C@]1(C(=O)N1C[C@H]3C[C@@H]1CN3C(=O)OC(C)(C)C)Cn1c-2c(C2CCCCC2)c2ccc(C(=O)NS(=O)(=O)N(C)C)cc21. The largest absolute Gasteiger partial charge is 0.497 e. The van der Waals surface area contributed by atoms with Crippen LogP contribution in [0.25, 0.3) is 22.2 Å². The number of nitrogens with one attached hydrogen (secondary N) is 1. The summed E-state index contributed by atoms with van der Waals surface area (Å²) in [5.74, 6) is 0.414. The predicted molar refractivity (Wildman–Crippen MR) is 196 cm³/mol. The fourth-order valence-electron chi connectivity index (χ4n) is 9.44. The molecule has 0 radical (unpaired) electrons. The molecule has 278 valence electrons. The summed E-state index contributed by atoms with van der Waals surface area (Å²) in [7, 11) is 0.405. The number of carbonyl (C=O) groups excluding carboxylic acids is 3. The second-order valence-corrected chi connectivity index (χ2v) is 18.5. The van der Waals surface area contributed by atoms with Crippen LogP contribution in [0.3, 0.4) is 0 Å². The smallest absolute Gasteiger partial charge is 0.410 e. The zero-order chi connectivity index (χ0) is 36.9. The van der Waals surface area contributed by atoms with Crippen LogP contribution in [0.15, 0.2) is 36.4 Å². The van der Waals surface area contributed by atoms with Crippen LogP contribution in [0.4, 0.5) is 4.79 Å². The molecule has 2 saturated carbocycles. The molecule has 2 saturated heterocycles. The Labute approximate surface area is 305 Å². The summed E-state index contributed by atoms with van der Waals surface area (Å²) in [6.45, 7) is 6.94. The van der Waals surface area contributed by atoms with Crippen molar-refractivity contribution in [2.45, 2.75) is 102 Å². The Kier molecular flexibility index (Phi) is 8.22. The molecule has 3 aromatic rings. The third kappa shape index (κ3) is 5.66. The highest BCUT2D eigenvalue weighted by Gasteiger charge is 2.65. The third-order valence-corrected chi connectivity index (χ3v) is 13.4. The van der Waals surface area contributed by atoms with Crippen LogP contribution in [0, 0.1) is 5.41 Å². The van der Waals surface area contributed by atoms with Crippen LogP contribution in [-0.2, 0) is 26.3 Å². The topological polar surface area (TPSA) is 130 Å². The summed E-state index contributed by atoms with van der Waals surface area (Å²) in [5.41, 5.74) is 4.23. The molecule has 0 unspecified atom stereocenters. The van der Waals surface area contributed by atoms with Crippen LogP contribution in [0.2, 0.25) is 0 Å². The van der Waals surface area contributed by atoms with Crippen LogP contribution in [0.5, 0.6) is 5.75 Å². The van der Waals surface area contributed by atoms with Gasteiger partial charge in [0.25, 0.3) is 5.91 Å². The maximum atomic E-state index is 15.0. The highest BCUT2D eigenvalue weighted by molar-refractivity contribution is 7.87. The van der Waals surface area contributed by atoms with E-state index in [0.717, 1.165) is 69.9 Å². The Balaban J connectivity index is 1.23. The van der Waals surface area contributed by atoms with Crippen molar-refractivity contribution < 1.29 is 32.3 Å². The van der Waals surface area contributed by atoms with Gasteiger partial charge in [0, 0.05) is 61.7 Å². The van der Waals surface area contributed by atoms with E-state index in [4.69, 9.17) is 9.47 Å². The number of carbonyl (C=O) groups is 3. The number of hydrogen-bond donors (Lipinski definition) is 1. The lowest BCUT2D eigenvalue weighted by Gasteiger charge is -2.37. The molecule has 4 heterocycles. The van der Waals surface area contributed by atoms with E-state index in [1.54, 1.807) is 24.1 Å². The summed E-state index contributed by atoms with van der Waals surface area (Å²) in [4.78, 5) is 45.3. The van der Waals surface area contributed by atoms with Gasteiger partial charge in [-0.2, -0.15) is 12.7 Å².